The van der Waals surface area contributed by atoms with E-state index in [0.29, 0.717) is 11.1 Å². The van der Waals surface area contributed by atoms with Crippen LogP contribution >= 0.6 is 0 Å². The molecular formula is C30H33N11. The number of nitrogens with two attached hydrogens (primary N) is 1. The second-order valence-electron chi connectivity index (χ2n) is 10.6. The van der Waals surface area contributed by atoms with Gasteiger partial charge >= 0.3 is 0 Å². The number of anilines is 3. The lowest BCUT2D eigenvalue weighted by molar-refractivity contribution is 0.260. The molecule has 0 spiro atoms. The SMILES string of the molecule is CN(C)c1ccc(CCN2CCN(c3ccc(-c4cc(-c5cnn(C)c5)cn5nc(N)c(C#N)c45)cn3)CC2)cn1. The molecule has 0 radical (unpaired) electrons. The second kappa shape index (κ2) is 10.9. The van der Waals surface area contributed by atoms with E-state index in [1.165, 1.54) is 5.56 Å². The Morgan fingerprint density at radius 1 is 0.951 bits per heavy atom. The average Bonchev–Trinajstić information content (AvgIpc) is 3.58. The maximum atomic E-state index is 9.81. The summed E-state index contributed by atoms with van der Waals surface area (Å²) in [4.78, 5) is 16.2. The van der Waals surface area contributed by atoms with Crippen LogP contribution in [0.25, 0.3) is 27.8 Å². The highest BCUT2D eigenvalue weighted by Gasteiger charge is 2.20. The lowest BCUT2D eigenvalue weighted by Crippen LogP contribution is -2.47. The topological polar surface area (TPSA) is 120 Å². The Morgan fingerprint density at radius 2 is 1.78 bits per heavy atom. The van der Waals surface area contributed by atoms with Crippen LogP contribution in [0, 0.1) is 11.3 Å². The molecule has 0 unspecified atom stereocenters. The summed E-state index contributed by atoms with van der Waals surface area (Å²) < 4.78 is 3.44. The Morgan fingerprint density at radius 3 is 2.41 bits per heavy atom. The van der Waals surface area contributed by atoms with Crippen molar-refractivity contribution >= 4 is 23.0 Å². The summed E-state index contributed by atoms with van der Waals surface area (Å²) in [5, 5.41) is 18.5. The summed E-state index contributed by atoms with van der Waals surface area (Å²) in [7, 11) is 5.89. The minimum atomic E-state index is 0.210. The van der Waals surface area contributed by atoms with Gasteiger partial charge in [0.15, 0.2) is 5.82 Å². The van der Waals surface area contributed by atoms with Gasteiger partial charge in [-0.15, -0.1) is 5.10 Å². The van der Waals surface area contributed by atoms with Gasteiger partial charge in [0, 0.05) is 101 Å². The summed E-state index contributed by atoms with van der Waals surface area (Å²) in [5.74, 6) is 2.14. The van der Waals surface area contributed by atoms with Crippen LogP contribution in [-0.2, 0) is 13.5 Å². The van der Waals surface area contributed by atoms with Crippen LogP contribution < -0.4 is 15.5 Å². The predicted molar refractivity (Wildman–Crippen MR) is 161 cm³/mol. The molecule has 1 aliphatic rings. The van der Waals surface area contributed by atoms with E-state index >= 15 is 0 Å². The first-order valence-electron chi connectivity index (χ1n) is 13.7. The van der Waals surface area contributed by atoms with Crippen molar-refractivity contribution in [2.75, 3.05) is 62.4 Å². The molecule has 11 heteroatoms. The Balaban J connectivity index is 1.17. The lowest BCUT2D eigenvalue weighted by Gasteiger charge is -2.35. The van der Waals surface area contributed by atoms with Gasteiger partial charge in [0.1, 0.15) is 23.3 Å². The van der Waals surface area contributed by atoms with Gasteiger partial charge in [-0.3, -0.25) is 9.58 Å². The van der Waals surface area contributed by atoms with Crippen molar-refractivity contribution in [3.05, 3.63) is 72.4 Å². The van der Waals surface area contributed by atoms with Crippen LogP contribution in [0.3, 0.4) is 0 Å². The first-order chi connectivity index (χ1) is 19.9. The van der Waals surface area contributed by atoms with Gasteiger partial charge in [0.05, 0.1) is 11.7 Å². The van der Waals surface area contributed by atoms with Crippen LogP contribution in [0.15, 0.2) is 61.3 Å². The number of pyridine rings is 3. The van der Waals surface area contributed by atoms with Crippen molar-refractivity contribution in [1.82, 2.24) is 34.3 Å². The van der Waals surface area contributed by atoms with Crippen molar-refractivity contribution in [3.63, 3.8) is 0 Å². The van der Waals surface area contributed by atoms with Crippen molar-refractivity contribution in [2.24, 2.45) is 7.05 Å². The van der Waals surface area contributed by atoms with Gasteiger partial charge in [-0.05, 0) is 36.2 Å². The zero-order chi connectivity index (χ0) is 28.5. The van der Waals surface area contributed by atoms with Crippen molar-refractivity contribution in [1.29, 1.82) is 5.26 Å². The molecule has 1 fully saturated rings. The number of hydrogen-bond acceptors (Lipinski definition) is 9. The van der Waals surface area contributed by atoms with E-state index in [1.54, 1.807) is 9.20 Å². The number of nitriles is 1. The largest absolute Gasteiger partial charge is 0.381 e. The number of rotatable bonds is 7. The first-order valence-corrected chi connectivity index (χ1v) is 13.7. The van der Waals surface area contributed by atoms with Crippen LogP contribution in [0.4, 0.5) is 17.5 Å². The van der Waals surface area contributed by atoms with Crippen LogP contribution in [0.2, 0.25) is 0 Å². The minimum absolute atomic E-state index is 0.210. The monoisotopic (exact) mass is 547 g/mol. The summed E-state index contributed by atoms with van der Waals surface area (Å²) in [6, 6.07) is 12.6. The van der Waals surface area contributed by atoms with Crippen molar-refractivity contribution < 1.29 is 0 Å². The van der Waals surface area contributed by atoms with Gasteiger partial charge in [0.25, 0.3) is 0 Å². The molecular weight excluding hydrogens is 514 g/mol. The highest BCUT2D eigenvalue weighted by Crippen LogP contribution is 2.34. The van der Waals surface area contributed by atoms with Crippen LogP contribution in [-0.4, -0.2) is 81.1 Å². The number of piperazine rings is 1. The Hall–Kier alpha value is -4.95. The summed E-state index contributed by atoms with van der Waals surface area (Å²) in [6.07, 6.45) is 10.5. The van der Waals surface area contributed by atoms with E-state index in [0.717, 1.165) is 73.0 Å². The molecule has 208 valence electrons. The van der Waals surface area contributed by atoms with Crippen molar-refractivity contribution in [2.45, 2.75) is 6.42 Å². The molecule has 5 aromatic rings. The second-order valence-corrected chi connectivity index (χ2v) is 10.6. The molecule has 0 amide bonds. The summed E-state index contributed by atoms with van der Waals surface area (Å²) in [5.41, 5.74) is 12.0. The summed E-state index contributed by atoms with van der Waals surface area (Å²) in [6.45, 7) is 4.83. The quantitative estimate of drug-likeness (QED) is 0.328. The molecule has 6 rings (SSSR count). The zero-order valence-corrected chi connectivity index (χ0v) is 23.6. The molecule has 0 aromatic carbocycles. The molecule has 11 nitrogen and oxygen atoms in total. The smallest absolute Gasteiger partial charge is 0.164 e. The van der Waals surface area contributed by atoms with E-state index in [4.69, 9.17) is 10.7 Å². The van der Waals surface area contributed by atoms with Gasteiger partial charge in [-0.2, -0.15) is 10.4 Å². The Bertz CT molecular complexity index is 1700. The highest BCUT2D eigenvalue weighted by molar-refractivity contribution is 5.90. The molecule has 5 aromatic heterocycles. The summed E-state index contributed by atoms with van der Waals surface area (Å²) >= 11 is 0. The van der Waals surface area contributed by atoms with Crippen LogP contribution in [0.1, 0.15) is 11.1 Å². The Kier molecular flexibility index (Phi) is 6.99. The maximum Gasteiger partial charge on any atom is 0.164 e. The third-order valence-electron chi connectivity index (χ3n) is 7.64. The Labute approximate surface area is 239 Å². The molecule has 2 N–H and O–H groups in total. The minimum Gasteiger partial charge on any atom is -0.381 e. The average molecular weight is 548 g/mol. The number of nitrogens with zero attached hydrogens (tertiary/aromatic N) is 10. The fourth-order valence-corrected chi connectivity index (χ4v) is 5.30. The van der Waals surface area contributed by atoms with E-state index in [9.17, 15) is 5.26 Å². The van der Waals surface area contributed by atoms with E-state index < -0.39 is 0 Å². The van der Waals surface area contributed by atoms with Gasteiger partial charge in [-0.25, -0.2) is 14.5 Å². The van der Waals surface area contributed by atoms with Gasteiger partial charge < -0.3 is 15.5 Å². The third-order valence-corrected chi connectivity index (χ3v) is 7.64. The third kappa shape index (κ3) is 5.29. The number of fused-ring (bicyclic) bond motifs is 1. The van der Waals surface area contributed by atoms with Gasteiger partial charge in [-0.1, -0.05) is 6.07 Å². The first kappa shape index (κ1) is 26.3. The van der Waals surface area contributed by atoms with Crippen molar-refractivity contribution in [3.8, 4) is 28.3 Å². The van der Waals surface area contributed by atoms with E-state index in [1.807, 2.05) is 63.1 Å². The molecule has 1 aliphatic heterocycles. The molecule has 0 bridgehead atoms. The molecule has 41 heavy (non-hydrogen) atoms. The molecule has 6 heterocycles. The fourth-order valence-electron chi connectivity index (χ4n) is 5.30. The normalized spacial score (nSPS) is 14.0. The van der Waals surface area contributed by atoms with Crippen LogP contribution in [0.5, 0.6) is 0 Å². The number of hydrogen-bond donors (Lipinski definition) is 1. The standard InChI is InChI=1S/C30H33N11/c1-37(2)27-6-4-21(16-33-27)8-9-39-10-12-40(13-11-39)28-7-5-22(17-34-28)25-14-23(24-18-35-38(3)19-24)20-41-29(25)26(15-31)30(32)36-41/h4-7,14,16-20H,8-13H2,1-3H3,(H2,32,36). The fraction of sp³-hybridized carbons (Fsp3) is 0.300. The maximum absolute atomic E-state index is 9.81. The molecule has 1 saturated heterocycles. The number of aryl methyl sites for hydroxylation is 1. The predicted octanol–water partition coefficient (Wildman–Crippen LogP) is 3.08. The lowest BCUT2D eigenvalue weighted by atomic mass is 10.0. The number of aromatic nitrogens is 6. The number of nitrogen functional groups attached to an aromatic ring is 1. The molecule has 0 saturated carbocycles. The molecule has 0 atom stereocenters. The van der Waals surface area contributed by atoms with E-state index in [-0.39, 0.29) is 5.82 Å². The molecule has 0 aliphatic carbocycles. The highest BCUT2D eigenvalue weighted by atomic mass is 15.3. The zero-order valence-electron chi connectivity index (χ0n) is 23.6. The van der Waals surface area contributed by atoms with E-state index in [2.05, 4.69) is 55.3 Å². The van der Waals surface area contributed by atoms with Gasteiger partial charge in [0.2, 0.25) is 0 Å².